The van der Waals surface area contributed by atoms with E-state index in [1.807, 2.05) is 0 Å². The lowest BCUT2D eigenvalue weighted by Gasteiger charge is -2.21. The highest BCUT2D eigenvalue weighted by Crippen LogP contribution is 1.84. The average molecular weight is 213 g/mol. The summed E-state index contributed by atoms with van der Waals surface area (Å²) in [7, 11) is 6.16. The van der Waals surface area contributed by atoms with Crippen molar-refractivity contribution in [3.8, 4) is 0 Å². The van der Waals surface area contributed by atoms with Crippen molar-refractivity contribution >= 4 is 0 Å². The molecule has 0 spiro atoms. The minimum atomic E-state index is -0.954. The van der Waals surface area contributed by atoms with E-state index in [9.17, 15) is 0 Å². The molecule has 14 heavy (non-hydrogen) atoms. The lowest BCUT2D eigenvalue weighted by atomic mass is 10.4. The number of aliphatic hydroxyl groups is 4. The van der Waals surface area contributed by atoms with E-state index in [4.69, 9.17) is 20.4 Å². The topological polar surface area (TPSA) is 111 Å². The Balaban J connectivity index is -0.000000163. The van der Waals surface area contributed by atoms with Gasteiger partial charge in [-0.05, 0) is 0 Å². The van der Waals surface area contributed by atoms with Gasteiger partial charge in [0.2, 0.25) is 0 Å². The molecule has 0 aliphatic rings. The Morgan fingerprint density at radius 1 is 1.00 bits per heavy atom. The first kappa shape index (κ1) is 19.4. The van der Waals surface area contributed by atoms with Crippen molar-refractivity contribution < 1.29 is 30.4 Å². The van der Waals surface area contributed by atoms with Gasteiger partial charge in [-0.2, -0.15) is 0 Å². The number of hydrogen-bond donors (Lipinski definition) is 4. The van der Waals surface area contributed by atoms with E-state index < -0.39 is 6.10 Å². The van der Waals surface area contributed by atoms with E-state index in [1.54, 1.807) is 0 Å². The van der Waals surface area contributed by atoms with Crippen molar-refractivity contribution in [3.05, 3.63) is 0 Å². The van der Waals surface area contributed by atoms with Gasteiger partial charge in [0.1, 0.15) is 12.6 Å². The standard InChI is InChI=1S/C5H14NO.C3H8O3.H2O/c1-6(2,3)4-5-7;4-1-3(6)2-5;/h7H,4-5H2,1-3H3;3-6H,1-2H2;1H2/q+1;;/p-1. The van der Waals surface area contributed by atoms with Crippen molar-refractivity contribution in [2.24, 2.45) is 0 Å². The molecule has 0 saturated heterocycles. The first-order valence-corrected chi connectivity index (χ1v) is 4.18. The predicted molar refractivity (Wildman–Crippen MR) is 52.1 cm³/mol. The average Bonchev–Trinajstić information content (AvgIpc) is 2.02. The molecule has 0 bridgehead atoms. The van der Waals surface area contributed by atoms with Crippen LogP contribution in [-0.4, -0.2) is 84.0 Å². The molecule has 0 radical (unpaired) electrons. The number of nitrogens with zero attached hydrogens (tertiary/aromatic N) is 1. The molecule has 0 atom stereocenters. The number of rotatable bonds is 4. The smallest absolute Gasteiger partial charge is 0.101 e. The van der Waals surface area contributed by atoms with Crippen LogP contribution in [0, 0.1) is 0 Å². The Hall–Kier alpha value is -0.240. The SMILES string of the molecule is C[N+](C)(C)CCO.OCC(O)CO.[OH-]. The molecule has 0 aromatic heterocycles. The molecule has 0 unspecified atom stereocenters. The van der Waals surface area contributed by atoms with Crippen LogP contribution in [0.1, 0.15) is 0 Å². The van der Waals surface area contributed by atoms with Crippen LogP contribution in [0.3, 0.4) is 0 Å². The molecule has 0 saturated carbocycles. The van der Waals surface area contributed by atoms with Gasteiger partial charge in [-0.25, -0.2) is 0 Å². The van der Waals surface area contributed by atoms with E-state index in [2.05, 4.69) is 21.1 Å². The molecule has 0 aliphatic heterocycles. The van der Waals surface area contributed by atoms with Gasteiger partial charge in [0.25, 0.3) is 0 Å². The van der Waals surface area contributed by atoms with Crippen molar-refractivity contribution in [2.75, 3.05) is 47.5 Å². The third kappa shape index (κ3) is 22.6. The summed E-state index contributed by atoms with van der Waals surface area (Å²) in [6, 6.07) is 0. The minimum absolute atomic E-state index is 0. The van der Waals surface area contributed by atoms with Crippen molar-refractivity contribution in [3.63, 3.8) is 0 Å². The van der Waals surface area contributed by atoms with Crippen molar-refractivity contribution in [1.82, 2.24) is 0 Å². The number of hydrogen-bond acceptors (Lipinski definition) is 5. The second-order valence-corrected chi connectivity index (χ2v) is 3.76. The van der Waals surface area contributed by atoms with Crippen LogP contribution in [0.5, 0.6) is 0 Å². The fourth-order valence-electron chi connectivity index (χ4n) is 0.358. The zero-order valence-corrected chi connectivity index (χ0v) is 9.09. The molecular formula is C8H23NO5. The van der Waals surface area contributed by atoms with Crippen molar-refractivity contribution in [1.29, 1.82) is 0 Å². The second kappa shape index (κ2) is 10.8. The molecular weight excluding hydrogens is 190 g/mol. The van der Waals surface area contributed by atoms with Gasteiger partial charge in [-0.1, -0.05) is 0 Å². The van der Waals surface area contributed by atoms with Crippen LogP contribution >= 0.6 is 0 Å². The molecule has 6 heteroatoms. The Morgan fingerprint density at radius 2 is 1.36 bits per heavy atom. The number of quaternary nitrogens is 1. The zero-order valence-electron chi connectivity index (χ0n) is 9.09. The Kier molecular flexibility index (Phi) is 15.0. The van der Waals surface area contributed by atoms with Gasteiger partial charge < -0.3 is 30.4 Å². The van der Waals surface area contributed by atoms with Gasteiger partial charge in [-0.15, -0.1) is 0 Å². The first-order chi connectivity index (χ1) is 5.87. The Bertz CT molecular complexity index is 100. The maximum absolute atomic E-state index is 8.39. The van der Waals surface area contributed by atoms with Crippen LogP contribution in [0.2, 0.25) is 0 Å². The summed E-state index contributed by atoms with van der Waals surface area (Å²) < 4.78 is 0.844. The predicted octanol–water partition coefficient (Wildman–Crippen LogP) is -2.16. The summed E-state index contributed by atoms with van der Waals surface area (Å²) in [6.07, 6.45) is -0.954. The lowest BCUT2D eigenvalue weighted by molar-refractivity contribution is -0.870. The number of likely N-dealkylation sites (N-methyl/N-ethyl adjacent to an activating group) is 1. The largest absolute Gasteiger partial charge is 0.870 e. The summed E-state index contributed by atoms with van der Waals surface area (Å²) in [5.74, 6) is 0. The molecule has 5 N–H and O–H groups in total. The highest BCUT2D eigenvalue weighted by molar-refractivity contribution is 4.44. The third-order valence-electron chi connectivity index (χ3n) is 1.19. The molecule has 90 valence electrons. The van der Waals surface area contributed by atoms with Crippen molar-refractivity contribution in [2.45, 2.75) is 6.10 Å². The summed E-state index contributed by atoms with van der Waals surface area (Å²) in [5.41, 5.74) is 0. The van der Waals surface area contributed by atoms with Crippen LogP contribution in [0.15, 0.2) is 0 Å². The molecule has 0 aliphatic carbocycles. The van der Waals surface area contributed by atoms with Gasteiger partial charge in [0.15, 0.2) is 0 Å². The van der Waals surface area contributed by atoms with Crippen LogP contribution in [0.25, 0.3) is 0 Å². The second-order valence-electron chi connectivity index (χ2n) is 3.76. The van der Waals surface area contributed by atoms with E-state index in [0.29, 0.717) is 0 Å². The monoisotopic (exact) mass is 213 g/mol. The fourth-order valence-corrected chi connectivity index (χ4v) is 0.358. The van der Waals surface area contributed by atoms with Gasteiger partial charge in [0, 0.05) is 0 Å². The summed E-state index contributed by atoms with van der Waals surface area (Å²) in [4.78, 5) is 0. The third-order valence-corrected chi connectivity index (χ3v) is 1.19. The minimum Gasteiger partial charge on any atom is -0.870 e. The number of aliphatic hydroxyl groups excluding tert-OH is 4. The van der Waals surface area contributed by atoms with Crippen LogP contribution in [-0.2, 0) is 0 Å². The molecule has 0 aromatic carbocycles. The molecule has 0 amide bonds. The van der Waals surface area contributed by atoms with Gasteiger partial charge >= 0.3 is 0 Å². The van der Waals surface area contributed by atoms with E-state index in [1.165, 1.54) is 0 Å². The van der Waals surface area contributed by atoms with E-state index in [0.717, 1.165) is 11.0 Å². The lowest BCUT2D eigenvalue weighted by Crippen LogP contribution is -2.36. The highest BCUT2D eigenvalue weighted by Gasteiger charge is 2.02. The summed E-state index contributed by atoms with van der Waals surface area (Å²) in [6.45, 7) is 0.385. The summed E-state index contributed by atoms with van der Waals surface area (Å²) in [5, 5.41) is 32.4. The Morgan fingerprint density at radius 3 is 1.36 bits per heavy atom. The normalized spacial score (nSPS) is 10.3. The molecule has 0 fully saturated rings. The molecule has 6 nitrogen and oxygen atoms in total. The highest BCUT2D eigenvalue weighted by atomic mass is 16.3. The fraction of sp³-hybridized carbons (Fsp3) is 1.00. The Labute approximate surface area is 84.9 Å². The zero-order chi connectivity index (χ0) is 10.9. The first-order valence-electron chi connectivity index (χ1n) is 4.18. The van der Waals surface area contributed by atoms with Gasteiger partial charge in [-0.3, -0.25) is 0 Å². The molecule has 0 aromatic rings. The summed E-state index contributed by atoms with van der Waals surface area (Å²) >= 11 is 0. The molecule has 0 heterocycles. The van der Waals surface area contributed by atoms with E-state index >= 15 is 0 Å². The van der Waals surface area contributed by atoms with Crippen LogP contribution in [0.4, 0.5) is 0 Å². The quantitative estimate of drug-likeness (QED) is 0.398. The van der Waals surface area contributed by atoms with Gasteiger partial charge in [0.05, 0.1) is 41.0 Å². The molecule has 0 rings (SSSR count). The maximum atomic E-state index is 8.39. The maximum Gasteiger partial charge on any atom is 0.101 e. The van der Waals surface area contributed by atoms with E-state index in [-0.39, 0.29) is 25.3 Å². The van der Waals surface area contributed by atoms with Crippen LogP contribution < -0.4 is 0 Å².